The highest BCUT2D eigenvalue weighted by Gasteiger charge is 2.31. The van der Waals surface area contributed by atoms with Crippen molar-refractivity contribution in [1.82, 2.24) is 10.2 Å². The highest BCUT2D eigenvalue weighted by Crippen LogP contribution is 2.11. The summed E-state index contributed by atoms with van der Waals surface area (Å²) in [6.07, 6.45) is 0.218. The number of nitrogens with one attached hydrogen (secondary N) is 1. The summed E-state index contributed by atoms with van der Waals surface area (Å²) in [5.41, 5.74) is 0. The Hall–Kier alpha value is -0.980. The Kier molecular flexibility index (Phi) is 5.54. The molecular weight excluding hydrogens is 224 g/mol. The summed E-state index contributed by atoms with van der Waals surface area (Å²) in [4.78, 5) is 24.1. The Labute approximate surface area is 101 Å². The fourth-order valence-electron chi connectivity index (χ4n) is 1.70. The summed E-state index contributed by atoms with van der Waals surface area (Å²) in [5.74, 6) is -0.382. The van der Waals surface area contributed by atoms with Gasteiger partial charge in [0.1, 0.15) is 0 Å². The number of likely N-dealkylation sites (N-methyl/N-ethyl adjacent to an activating group) is 1. The van der Waals surface area contributed by atoms with Crippen LogP contribution in [0.5, 0.6) is 0 Å². The molecule has 2 atom stereocenters. The van der Waals surface area contributed by atoms with Crippen molar-refractivity contribution in [3.8, 4) is 0 Å². The van der Waals surface area contributed by atoms with Crippen molar-refractivity contribution < 1.29 is 19.4 Å². The lowest BCUT2D eigenvalue weighted by Gasteiger charge is -2.28. The van der Waals surface area contributed by atoms with Gasteiger partial charge in [-0.05, 0) is 13.3 Å². The van der Waals surface area contributed by atoms with E-state index in [1.165, 1.54) is 7.05 Å². The van der Waals surface area contributed by atoms with Crippen molar-refractivity contribution in [2.75, 3.05) is 26.8 Å². The number of aliphatic hydroxyl groups is 1. The average molecular weight is 244 g/mol. The first kappa shape index (κ1) is 14.1. The maximum absolute atomic E-state index is 11.7. The van der Waals surface area contributed by atoms with Gasteiger partial charge in [-0.1, -0.05) is 0 Å². The van der Waals surface area contributed by atoms with Crippen LogP contribution in [-0.4, -0.2) is 60.8 Å². The topological polar surface area (TPSA) is 78.9 Å². The zero-order valence-electron chi connectivity index (χ0n) is 10.3. The summed E-state index contributed by atoms with van der Waals surface area (Å²) in [6, 6.07) is -0.381. The number of hydrogen-bond donors (Lipinski definition) is 2. The van der Waals surface area contributed by atoms with Crippen molar-refractivity contribution in [3.63, 3.8) is 0 Å². The van der Waals surface area contributed by atoms with Gasteiger partial charge in [0, 0.05) is 26.6 Å². The van der Waals surface area contributed by atoms with E-state index in [0.29, 0.717) is 26.0 Å². The lowest BCUT2D eigenvalue weighted by molar-refractivity contribution is -0.148. The molecule has 98 valence electrons. The molecule has 17 heavy (non-hydrogen) atoms. The monoisotopic (exact) mass is 244 g/mol. The van der Waals surface area contributed by atoms with Crippen LogP contribution in [0.25, 0.3) is 0 Å². The Morgan fingerprint density at radius 3 is 2.94 bits per heavy atom. The molecule has 1 aliphatic heterocycles. The first-order chi connectivity index (χ1) is 8.06. The van der Waals surface area contributed by atoms with Gasteiger partial charge in [-0.15, -0.1) is 0 Å². The van der Waals surface area contributed by atoms with Crippen molar-refractivity contribution in [2.45, 2.75) is 31.9 Å². The van der Waals surface area contributed by atoms with E-state index >= 15 is 0 Å². The van der Waals surface area contributed by atoms with Crippen molar-refractivity contribution >= 4 is 11.8 Å². The van der Waals surface area contributed by atoms with Crippen LogP contribution in [-0.2, 0) is 14.3 Å². The van der Waals surface area contributed by atoms with Crippen LogP contribution in [0.15, 0.2) is 0 Å². The molecule has 6 heteroatoms. The number of aliphatic hydroxyl groups excluding tert-OH is 1. The molecule has 0 radical (unpaired) electrons. The van der Waals surface area contributed by atoms with Crippen molar-refractivity contribution in [3.05, 3.63) is 0 Å². The molecule has 1 rings (SSSR count). The van der Waals surface area contributed by atoms with Gasteiger partial charge in [0.2, 0.25) is 11.8 Å². The molecule has 6 nitrogen and oxygen atoms in total. The van der Waals surface area contributed by atoms with E-state index < -0.39 is 6.10 Å². The van der Waals surface area contributed by atoms with Gasteiger partial charge in [0.05, 0.1) is 18.8 Å². The number of amides is 2. The maximum Gasteiger partial charge on any atom is 0.246 e. The molecule has 0 aromatic heterocycles. The summed E-state index contributed by atoms with van der Waals surface area (Å²) in [7, 11) is 1.48. The Morgan fingerprint density at radius 2 is 2.29 bits per heavy atom. The minimum atomic E-state index is -0.634. The molecule has 1 aliphatic rings. The quantitative estimate of drug-likeness (QED) is 0.593. The van der Waals surface area contributed by atoms with Gasteiger partial charge in [0.15, 0.2) is 0 Å². The summed E-state index contributed by atoms with van der Waals surface area (Å²) in [6.45, 7) is 2.94. The zero-order valence-corrected chi connectivity index (χ0v) is 10.3. The van der Waals surface area contributed by atoms with Gasteiger partial charge in [-0.3, -0.25) is 14.5 Å². The molecule has 1 heterocycles. The molecule has 2 amide bonds. The van der Waals surface area contributed by atoms with Crippen LogP contribution in [0.4, 0.5) is 0 Å². The maximum atomic E-state index is 11.7. The summed E-state index contributed by atoms with van der Waals surface area (Å²) < 4.78 is 5.06. The van der Waals surface area contributed by atoms with Gasteiger partial charge in [-0.25, -0.2) is 0 Å². The minimum Gasteiger partial charge on any atom is -0.389 e. The third-order valence-electron chi connectivity index (χ3n) is 2.76. The number of piperidine rings is 1. The lowest BCUT2D eigenvalue weighted by atomic mass is 10.0. The van der Waals surface area contributed by atoms with Gasteiger partial charge in [-0.2, -0.15) is 0 Å². The molecule has 2 unspecified atom stereocenters. The smallest absolute Gasteiger partial charge is 0.246 e. The molecule has 0 saturated carbocycles. The first-order valence-corrected chi connectivity index (χ1v) is 5.85. The second-order valence-corrected chi connectivity index (χ2v) is 4.10. The number of carbonyl (C=O) groups is 2. The Balaban J connectivity index is 2.32. The molecule has 0 spiro atoms. The van der Waals surface area contributed by atoms with Gasteiger partial charge < -0.3 is 15.2 Å². The summed E-state index contributed by atoms with van der Waals surface area (Å²) >= 11 is 0. The first-order valence-electron chi connectivity index (χ1n) is 5.85. The SMILES string of the molecule is CCOCC(O)CNC1CCC(=O)N(C)C1=O. The second kappa shape index (κ2) is 6.68. The largest absolute Gasteiger partial charge is 0.389 e. The predicted octanol–water partition coefficient (Wildman–Crippen LogP) is -0.879. The number of carbonyl (C=O) groups excluding carboxylic acids is 2. The highest BCUT2D eigenvalue weighted by molar-refractivity contribution is 6.00. The average Bonchev–Trinajstić information content (AvgIpc) is 2.32. The number of rotatable bonds is 6. The fourth-order valence-corrected chi connectivity index (χ4v) is 1.70. The predicted molar refractivity (Wildman–Crippen MR) is 61.3 cm³/mol. The molecule has 0 aromatic rings. The second-order valence-electron chi connectivity index (χ2n) is 4.10. The van der Waals surface area contributed by atoms with Crippen molar-refractivity contribution in [2.24, 2.45) is 0 Å². The number of likely N-dealkylation sites (tertiary alicyclic amines) is 1. The third-order valence-corrected chi connectivity index (χ3v) is 2.76. The lowest BCUT2D eigenvalue weighted by Crippen LogP contribution is -2.53. The molecule has 1 fully saturated rings. The molecule has 1 saturated heterocycles. The Bertz CT molecular complexity index is 283. The summed E-state index contributed by atoms with van der Waals surface area (Å²) in [5, 5.41) is 12.5. The van der Waals surface area contributed by atoms with Crippen LogP contribution >= 0.6 is 0 Å². The van der Waals surface area contributed by atoms with E-state index in [2.05, 4.69) is 5.32 Å². The molecular formula is C11H20N2O4. The third kappa shape index (κ3) is 4.07. The fraction of sp³-hybridized carbons (Fsp3) is 0.818. The van der Waals surface area contributed by atoms with Crippen LogP contribution < -0.4 is 5.32 Å². The highest BCUT2D eigenvalue weighted by atomic mass is 16.5. The van der Waals surface area contributed by atoms with Crippen LogP contribution in [0.1, 0.15) is 19.8 Å². The zero-order chi connectivity index (χ0) is 12.8. The normalized spacial score (nSPS) is 23.0. The van der Waals surface area contributed by atoms with E-state index in [9.17, 15) is 14.7 Å². The molecule has 2 N–H and O–H groups in total. The number of hydrogen-bond acceptors (Lipinski definition) is 5. The van der Waals surface area contributed by atoms with Crippen molar-refractivity contribution in [1.29, 1.82) is 0 Å². The number of nitrogens with zero attached hydrogens (tertiary/aromatic N) is 1. The molecule has 0 aromatic carbocycles. The Morgan fingerprint density at radius 1 is 1.59 bits per heavy atom. The minimum absolute atomic E-state index is 0.150. The van der Waals surface area contributed by atoms with Gasteiger partial charge >= 0.3 is 0 Å². The van der Waals surface area contributed by atoms with Crippen LogP contribution in [0.3, 0.4) is 0 Å². The number of ether oxygens (including phenoxy) is 1. The van der Waals surface area contributed by atoms with E-state index in [4.69, 9.17) is 4.74 Å². The van der Waals surface area contributed by atoms with E-state index in [1.807, 2.05) is 6.92 Å². The van der Waals surface area contributed by atoms with E-state index in [0.717, 1.165) is 4.90 Å². The van der Waals surface area contributed by atoms with Gasteiger partial charge in [0.25, 0.3) is 0 Å². The molecule has 0 bridgehead atoms. The van der Waals surface area contributed by atoms with E-state index in [-0.39, 0.29) is 24.5 Å². The van der Waals surface area contributed by atoms with E-state index in [1.54, 1.807) is 0 Å². The molecule has 0 aliphatic carbocycles. The van der Waals surface area contributed by atoms with Crippen LogP contribution in [0, 0.1) is 0 Å². The van der Waals surface area contributed by atoms with Crippen LogP contribution in [0.2, 0.25) is 0 Å². The standard InChI is InChI=1S/C11H20N2O4/c1-3-17-7-8(14)6-12-9-4-5-10(15)13(2)11(9)16/h8-9,12,14H,3-7H2,1-2H3. The number of imide groups is 1.